The third kappa shape index (κ3) is 2.78. The molecule has 2 unspecified atom stereocenters. The number of benzene rings is 1. The van der Waals surface area contributed by atoms with Crippen molar-refractivity contribution in [1.82, 2.24) is 4.98 Å². The lowest BCUT2D eigenvalue weighted by atomic mass is 9.95. The van der Waals surface area contributed by atoms with E-state index in [1.807, 2.05) is 18.2 Å². The van der Waals surface area contributed by atoms with E-state index in [0.717, 1.165) is 30.0 Å². The highest BCUT2D eigenvalue weighted by Crippen LogP contribution is 2.68. The Balaban J connectivity index is 1.50. The average Bonchev–Trinajstić information content (AvgIpc) is 3.08. The van der Waals surface area contributed by atoms with Crippen LogP contribution in [0.5, 0.6) is 0 Å². The molecule has 2 atom stereocenters. The number of rotatable bonds is 3. The molecule has 1 saturated carbocycles. The lowest BCUT2D eigenvalue weighted by Crippen LogP contribution is -2.02. The molecule has 1 aromatic heterocycles. The zero-order chi connectivity index (χ0) is 16.9. The lowest BCUT2D eigenvalue weighted by Gasteiger charge is -2.10. The first kappa shape index (κ1) is 15.9. The topological polar surface area (TPSA) is 47.0 Å². The van der Waals surface area contributed by atoms with Gasteiger partial charge >= 0.3 is 0 Å². The summed E-state index contributed by atoms with van der Waals surface area (Å²) in [6, 6.07) is 11.5. The highest BCUT2D eigenvalue weighted by molar-refractivity contribution is 7.90. The molecule has 0 aliphatic heterocycles. The number of aromatic nitrogens is 1. The monoisotopic (exact) mass is 359 g/mol. The van der Waals surface area contributed by atoms with Crippen LogP contribution in [0.15, 0.2) is 53.6 Å². The molecule has 0 saturated heterocycles. The van der Waals surface area contributed by atoms with Crippen molar-refractivity contribution in [3.63, 3.8) is 0 Å². The second kappa shape index (κ2) is 5.43. The molecular weight excluding hydrogens is 342 g/mol. The van der Waals surface area contributed by atoms with Crippen LogP contribution in [0.3, 0.4) is 0 Å². The normalized spacial score (nSPS) is 25.8. The van der Waals surface area contributed by atoms with Gasteiger partial charge < -0.3 is 0 Å². The van der Waals surface area contributed by atoms with Crippen molar-refractivity contribution in [2.24, 2.45) is 5.41 Å². The van der Waals surface area contributed by atoms with Gasteiger partial charge in [0.2, 0.25) is 0 Å². The van der Waals surface area contributed by atoms with E-state index < -0.39 is 9.84 Å². The van der Waals surface area contributed by atoms with Crippen LogP contribution >= 0.6 is 11.6 Å². The van der Waals surface area contributed by atoms with Gasteiger partial charge in [-0.05, 0) is 60.1 Å². The van der Waals surface area contributed by atoms with Crippen LogP contribution in [-0.2, 0) is 9.84 Å². The Morgan fingerprint density at radius 1 is 1.17 bits per heavy atom. The number of nitrogens with zero attached hydrogens (tertiary/aromatic N) is 1. The molecule has 0 amide bonds. The zero-order valence-corrected chi connectivity index (χ0v) is 14.9. The largest absolute Gasteiger partial charge is 0.260 e. The van der Waals surface area contributed by atoms with Gasteiger partial charge in [0.25, 0.3) is 0 Å². The second-order valence-corrected chi connectivity index (χ2v) is 9.38. The van der Waals surface area contributed by atoms with E-state index in [2.05, 4.69) is 23.2 Å². The minimum Gasteiger partial charge on any atom is -0.260 e. The number of halogens is 1. The smallest absolute Gasteiger partial charge is 0.177 e. The standard InChI is InChI=1S/C19H18ClNO2S/c1-24(22,23)16-6-7-18(21-12-16)17-11-19(17)9-8-14(10-19)13-2-4-15(20)5-3-13/h2-8,12,17H,9-11H2,1H3. The summed E-state index contributed by atoms with van der Waals surface area (Å²) in [6.45, 7) is 0. The molecule has 0 radical (unpaired) electrons. The number of allylic oxidation sites excluding steroid dienone is 2. The highest BCUT2D eigenvalue weighted by atomic mass is 35.5. The van der Waals surface area contributed by atoms with Crippen LogP contribution in [0, 0.1) is 5.41 Å². The van der Waals surface area contributed by atoms with Gasteiger partial charge in [-0.2, -0.15) is 0 Å². The Bertz CT molecular complexity index is 917. The van der Waals surface area contributed by atoms with Gasteiger partial charge in [-0.3, -0.25) is 4.98 Å². The highest BCUT2D eigenvalue weighted by Gasteiger charge is 2.56. The van der Waals surface area contributed by atoms with Gasteiger partial charge in [-0.25, -0.2) is 8.42 Å². The second-order valence-electron chi connectivity index (χ2n) is 6.93. The third-order valence-corrected chi connectivity index (χ3v) is 6.60. The third-order valence-electron chi connectivity index (χ3n) is 5.25. The van der Waals surface area contributed by atoms with Gasteiger partial charge in [0.05, 0.1) is 4.90 Å². The molecule has 0 bridgehead atoms. The molecule has 24 heavy (non-hydrogen) atoms. The molecule has 5 heteroatoms. The quantitative estimate of drug-likeness (QED) is 0.811. The zero-order valence-electron chi connectivity index (χ0n) is 13.4. The maximum atomic E-state index is 11.5. The van der Waals surface area contributed by atoms with Crippen molar-refractivity contribution in [2.45, 2.75) is 30.1 Å². The van der Waals surface area contributed by atoms with Gasteiger partial charge in [-0.15, -0.1) is 0 Å². The summed E-state index contributed by atoms with van der Waals surface area (Å²) in [6.07, 6.45) is 8.25. The van der Waals surface area contributed by atoms with Gasteiger partial charge in [0.15, 0.2) is 9.84 Å². The van der Waals surface area contributed by atoms with E-state index in [4.69, 9.17) is 11.6 Å². The van der Waals surface area contributed by atoms with Crippen molar-refractivity contribution in [3.8, 4) is 0 Å². The Morgan fingerprint density at radius 3 is 2.54 bits per heavy atom. The maximum absolute atomic E-state index is 11.5. The fourth-order valence-corrected chi connectivity index (χ4v) is 4.42. The fourth-order valence-electron chi connectivity index (χ4n) is 3.74. The molecule has 1 aromatic carbocycles. The molecule has 2 aliphatic carbocycles. The summed E-state index contributed by atoms with van der Waals surface area (Å²) < 4.78 is 23.1. The Hall–Kier alpha value is -1.65. The molecule has 2 aromatic rings. The summed E-state index contributed by atoms with van der Waals surface area (Å²) >= 11 is 5.96. The molecule has 1 heterocycles. The van der Waals surface area contributed by atoms with Crippen LogP contribution in [-0.4, -0.2) is 19.7 Å². The van der Waals surface area contributed by atoms with Crippen molar-refractivity contribution >= 4 is 27.0 Å². The molecular formula is C19H18ClNO2S. The van der Waals surface area contributed by atoms with E-state index in [1.165, 1.54) is 23.6 Å². The van der Waals surface area contributed by atoms with Crippen LogP contribution in [0.2, 0.25) is 5.02 Å². The molecule has 124 valence electrons. The molecule has 4 rings (SSSR count). The first-order chi connectivity index (χ1) is 11.4. The molecule has 2 aliphatic rings. The van der Waals surface area contributed by atoms with Crippen LogP contribution < -0.4 is 0 Å². The average molecular weight is 360 g/mol. The van der Waals surface area contributed by atoms with Crippen molar-refractivity contribution < 1.29 is 8.42 Å². The van der Waals surface area contributed by atoms with E-state index in [0.29, 0.717) is 5.92 Å². The summed E-state index contributed by atoms with van der Waals surface area (Å²) in [5.41, 5.74) is 3.89. The Labute approximate surface area is 147 Å². The molecule has 3 nitrogen and oxygen atoms in total. The predicted octanol–water partition coefficient (Wildman–Crippen LogP) is 4.49. The van der Waals surface area contributed by atoms with Crippen molar-refractivity contribution in [1.29, 1.82) is 0 Å². The summed E-state index contributed by atoms with van der Waals surface area (Å²) in [5.74, 6) is 0.423. The van der Waals surface area contributed by atoms with E-state index >= 15 is 0 Å². The summed E-state index contributed by atoms with van der Waals surface area (Å²) in [5, 5.41) is 0.756. The van der Waals surface area contributed by atoms with Gasteiger partial charge in [-0.1, -0.05) is 29.8 Å². The molecule has 0 N–H and O–H groups in total. The summed E-state index contributed by atoms with van der Waals surface area (Å²) in [4.78, 5) is 4.70. The fraction of sp³-hybridized carbons (Fsp3) is 0.316. The van der Waals surface area contributed by atoms with E-state index in [1.54, 1.807) is 6.07 Å². The predicted molar refractivity (Wildman–Crippen MR) is 95.8 cm³/mol. The van der Waals surface area contributed by atoms with Crippen LogP contribution in [0.1, 0.15) is 36.4 Å². The van der Waals surface area contributed by atoms with Gasteiger partial charge in [0.1, 0.15) is 0 Å². The molecule has 1 fully saturated rings. The Kier molecular flexibility index (Phi) is 3.59. The van der Waals surface area contributed by atoms with E-state index in [-0.39, 0.29) is 10.3 Å². The number of hydrogen-bond donors (Lipinski definition) is 0. The Morgan fingerprint density at radius 2 is 1.92 bits per heavy atom. The number of sulfone groups is 1. The number of pyridine rings is 1. The lowest BCUT2D eigenvalue weighted by molar-refractivity contribution is 0.535. The SMILES string of the molecule is CS(=O)(=O)c1ccc(C2CC23CC=C(c2ccc(Cl)cc2)C3)nc1. The van der Waals surface area contributed by atoms with Crippen molar-refractivity contribution in [3.05, 3.63) is 65.0 Å². The van der Waals surface area contributed by atoms with Crippen LogP contribution in [0.4, 0.5) is 0 Å². The minimum atomic E-state index is -3.18. The first-order valence-corrected chi connectivity index (χ1v) is 10.3. The summed E-state index contributed by atoms with van der Waals surface area (Å²) in [7, 11) is -3.18. The van der Waals surface area contributed by atoms with Gasteiger partial charge in [0, 0.05) is 29.1 Å². The van der Waals surface area contributed by atoms with E-state index in [9.17, 15) is 8.42 Å². The van der Waals surface area contributed by atoms with Crippen molar-refractivity contribution in [2.75, 3.05) is 6.26 Å². The number of hydrogen-bond acceptors (Lipinski definition) is 3. The minimum absolute atomic E-state index is 0.272. The van der Waals surface area contributed by atoms with Crippen LogP contribution in [0.25, 0.3) is 5.57 Å². The maximum Gasteiger partial charge on any atom is 0.177 e. The molecule has 1 spiro atoms. The first-order valence-electron chi connectivity index (χ1n) is 7.98.